The Morgan fingerprint density at radius 1 is 1.39 bits per heavy atom. The Kier molecular flexibility index (Phi) is 3.66. The minimum Gasteiger partial charge on any atom is -0.495 e. The molecule has 0 unspecified atom stereocenters. The standard InChI is InChI=1S/C12H12FN3OS/c1-7-3-4-15-12(16-7)18-11-6-10(17-2)9(14)5-8(11)13/h3-6H,14H2,1-2H3. The molecule has 0 saturated carbocycles. The van der Waals surface area contributed by atoms with Crippen molar-refractivity contribution in [1.29, 1.82) is 0 Å². The molecule has 0 radical (unpaired) electrons. The molecule has 0 amide bonds. The van der Waals surface area contributed by atoms with Crippen LogP contribution in [-0.4, -0.2) is 17.1 Å². The van der Waals surface area contributed by atoms with E-state index in [1.54, 1.807) is 18.3 Å². The maximum atomic E-state index is 13.7. The van der Waals surface area contributed by atoms with Crippen LogP contribution >= 0.6 is 11.8 Å². The highest BCUT2D eigenvalue weighted by atomic mass is 32.2. The fourth-order valence-corrected chi connectivity index (χ4v) is 2.20. The number of halogens is 1. The van der Waals surface area contributed by atoms with Crippen molar-refractivity contribution in [2.24, 2.45) is 0 Å². The molecule has 2 N–H and O–H groups in total. The van der Waals surface area contributed by atoms with Gasteiger partial charge in [0.05, 0.1) is 17.7 Å². The van der Waals surface area contributed by atoms with Crippen molar-refractivity contribution < 1.29 is 9.13 Å². The van der Waals surface area contributed by atoms with E-state index in [0.717, 1.165) is 17.5 Å². The van der Waals surface area contributed by atoms with Crippen molar-refractivity contribution in [3.63, 3.8) is 0 Å². The molecule has 0 aliphatic carbocycles. The number of rotatable bonds is 3. The van der Waals surface area contributed by atoms with Gasteiger partial charge in [-0.2, -0.15) is 0 Å². The van der Waals surface area contributed by atoms with Crippen molar-refractivity contribution in [2.75, 3.05) is 12.8 Å². The van der Waals surface area contributed by atoms with E-state index in [1.807, 2.05) is 6.92 Å². The minimum absolute atomic E-state index is 0.268. The highest BCUT2D eigenvalue weighted by molar-refractivity contribution is 7.99. The maximum Gasteiger partial charge on any atom is 0.192 e. The first-order chi connectivity index (χ1) is 8.60. The summed E-state index contributed by atoms with van der Waals surface area (Å²) >= 11 is 1.13. The van der Waals surface area contributed by atoms with Gasteiger partial charge in [0.2, 0.25) is 0 Å². The van der Waals surface area contributed by atoms with Crippen LogP contribution in [0.25, 0.3) is 0 Å². The molecule has 6 heteroatoms. The van der Waals surface area contributed by atoms with E-state index in [-0.39, 0.29) is 5.69 Å². The zero-order valence-electron chi connectivity index (χ0n) is 9.98. The van der Waals surface area contributed by atoms with Crippen LogP contribution in [0.15, 0.2) is 34.4 Å². The molecule has 0 bridgehead atoms. The fourth-order valence-electron chi connectivity index (χ4n) is 1.38. The number of nitrogens with two attached hydrogens (primary N) is 1. The molecule has 94 valence electrons. The molecule has 1 aromatic heterocycles. The summed E-state index contributed by atoms with van der Waals surface area (Å²) in [6.45, 7) is 1.85. The van der Waals surface area contributed by atoms with Crippen molar-refractivity contribution in [3.8, 4) is 5.75 Å². The number of aromatic nitrogens is 2. The Hall–Kier alpha value is -1.82. The number of hydrogen-bond donors (Lipinski definition) is 1. The van der Waals surface area contributed by atoms with Gasteiger partial charge in [-0.05, 0) is 30.8 Å². The van der Waals surface area contributed by atoms with Gasteiger partial charge in [-0.15, -0.1) is 0 Å². The van der Waals surface area contributed by atoms with Crippen LogP contribution in [0.1, 0.15) is 5.69 Å². The number of nitrogens with zero attached hydrogens (tertiary/aromatic N) is 2. The lowest BCUT2D eigenvalue weighted by Gasteiger charge is -2.08. The third-order valence-corrected chi connectivity index (χ3v) is 3.17. The monoisotopic (exact) mass is 265 g/mol. The molecule has 0 fully saturated rings. The summed E-state index contributed by atoms with van der Waals surface area (Å²) in [5.74, 6) is 0.0231. The topological polar surface area (TPSA) is 61.0 Å². The zero-order chi connectivity index (χ0) is 13.1. The van der Waals surface area contributed by atoms with E-state index in [2.05, 4.69) is 9.97 Å². The maximum absolute atomic E-state index is 13.7. The van der Waals surface area contributed by atoms with Crippen LogP contribution in [0, 0.1) is 12.7 Å². The van der Waals surface area contributed by atoms with Crippen LogP contribution in [-0.2, 0) is 0 Å². The number of hydrogen-bond acceptors (Lipinski definition) is 5. The second-order valence-corrected chi connectivity index (χ2v) is 4.62. The first kappa shape index (κ1) is 12.6. The van der Waals surface area contributed by atoms with Crippen molar-refractivity contribution in [1.82, 2.24) is 9.97 Å². The van der Waals surface area contributed by atoms with E-state index >= 15 is 0 Å². The van der Waals surface area contributed by atoms with Crippen molar-refractivity contribution in [2.45, 2.75) is 17.0 Å². The van der Waals surface area contributed by atoms with Crippen LogP contribution < -0.4 is 10.5 Å². The summed E-state index contributed by atoms with van der Waals surface area (Å²) in [5, 5.41) is 0.487. The Balaban J connectivity index is 2.34. The van der Waals surface area contributed by atoms with Crippen LogP contribution in [0.4, 0.5) is 10.1 Å². The second kappa shape index (κ2) is 5.22. The van der Waals surface area contributed by atoms with Gasteiger partial charge in [0, 0.05) is 18.0 Å². The average molecular weight is 265 g/mol. The van der Waals surface area contributed by atoms with Gasteiger partial charge in [0.25, 0.3) is 0 Å². The predicted octanol–water partition coefficient (Wildman–Crippen LogP) is 2.67. The quantitative estimate of drug-likeness (QED) is 0.683. The molecule has 0 aliphatic heterocycles. The third kappa shape index (κ3) is 2.70. The highest BCUT2D eigenvalue weighted by Crippen LogP contribution is 2.33. The van der Waals surface area contributed by atoms with Crippen LogP contribution in [0.5, 0.6) is 5.75 Å². The van der Waals surface area contributed by atoms with Gasteiger partial charge in [0.15, 0.2) is 5.16 Å². The van der Waals surface area contributed by atoms with Gasteiger partial charge in [-0.1, -0.05) is 0 Å². The molecule has 0 atom stereocenters. The SMILES string of the molecule is COc1cc(Sc2nccc(C)n2)c(F)cc1N. The summed E-state index contributed by atoms with van der Waals surface area (Å²) in [6.07, 6.45) is 1.64. The smallest absolute Gasteiger partial charge is 0.192 e. The molecule has 1 heterocycles. The summed E-state index contributed by atoms with van der Waals surface area (Å²) in [5.41, 5.74) is 6.71. The number of anilines is 1. The minimum atomic E-state index is -0.414. The third-order valence-electron chi connectivity index (χ3n) is 2.26. The normalized spacial score (nSPS) is 10.4. The Morgan fingerprint density at radius 3 is 2.83 bits per heavy atom. The number of benzene rings is 1. The number of nitrogen functional groups attached to an aromatic ring is 1. The van der Waals surface area contributed by atoms with Crippen LogP contribution in [0.3, 0.4) is 0 Å². The van der Waals surface area contributed by atoms with Crippen molar-refractivity contribution >= 4 is 17.4 Å². The Labute approximate surface area is 108 Å². The first-order valence-corrected chi connectivity index (χ1v) is 6.02. The lowest BCUT2D eigenvalue weighted by atomic mass is 10.3. The summed E-state index contributed by atoms with van der Waals surface area (Å²) in [7, 11) is 1.49. The van der Waals surface area contributed by atoms with E-state index in [4.69, 9.17) is 10.5 Å². The molecule has 0 aliphatic rings. The molecule has 0 spiro atoms. The number of ether oxygens (including phenoxy) is 1. The van der Waals surface area contributed by atoms with Gasteiger partial charge >= 0.3 is 0 Å². The lowest BCUT2D eigenvalue weighted by molar-refractivity contribution is 0.414. The van der Waals surface area contributed by atoms with E-state index in [9.17, 15) is 4.39 Å². The predicted molar refractivity (Wildman–Crippen MR) is 68.3 cm³/mol. The van der Waals surface area contributed by atoms with Gasteiger partial charge in [-0.3, -0.25) is 0 Å². The molecule has 0 saturated heterocycles. The van der Waals surface area contributed by atoms with Crippen LogP contribution in [0.2, 0.25) is 0 Å². The molecular weight excluding hydrogens is 253 g/mol. The first-order valence-electron chi connectivity index (χ1n) is 5.20. The van der Waals surface area contributed by atoms with E-state index < -0.39 is 5.82 Å². The Morgan fingerprint density at radius 2 is 2.17 bits per heavy atom. The lowest BCUT2D eigenvalue weighted by Crippen LogP contribution is -1.95. The molecular formula is C12H12FN3OS. The van der Waals surface area contributed by atoms with Gasteiger partial charge in [-0.25, -0.2) is 14.4 Å². The Bertz CT molecular complexity index is 577. The van der Waals surface area contributed by atoms with E-state index in [1.165, 1.54) is 13.2 Å². The van der Waals surface area contributed by atoms with Gasteiger partial charge in [0.1, 0.15) is 11.6 Å². The second-order valence-electron chi connectivity index (χ2n) is 3.61. The summed E-state index contributed by atoms with van der Waals surface area (Å²) < 4.78 is 18.8. The molecule has 4 nitrogen and oxygen atoms in total. The molecule has 1 aromatic carbocycles. The number of methoxy groups -OCH3 is 1. The fraction of sp³-hybridized carbons (Fsp3) is 0.167. The molecule has 18 heavy (non-hydrogen) atoms. The largest absolute Gasteiger partial charge is 0.495 e. The molecule has 2 aromatic rings. The summed E-state index contributed by atoms with van der Waals surface area (Å²) in [4.78, 5) is 8.65. The highest BCUT2D eigenvalue weighted by Gasteiger charge is 2.11. The summed E-state index contributed by atoms with van der Waals surface area (Å²) in [6, 6.07) is 4.56. The molecule has 2 rings (SSSR count). The average Bonchev–Trinajstić information content (AvgIpc) is 2.33. The zero-order valence-corrected chi connectivity index (χ0v) is 10.8. The van der Waals surface area contributed by atoms with E-state index in [0.29, 0.717) is 15.8 Å². The number of aryl methyl sites for hydroxylation is 1. The van der Waals surface area contributed by atoms with Crippen molar-refractivity contribution in [3.05, 3.63) is 35.9 Å². The van der Waals surface area contributed by atoms with Gasteiger partial charge < -0.3 is 10.5 Å².